The van der Waals surface area contributed by atoms with E-state index < -0.39 is 0 Å². The largest absolute Gasteiger partial charge is 0.282 e. The molecule has 1 fully saturated rings. The summed E-state index contributed by atoms with van der Waals surface area (Å²) >= 11 is 9.08. The summed E-state index contributed by atoms with van der Waals surface area (Å²) in [6.45, 7) is 0.457. The van der Waals surface area contributed by atoms with Crippen molar-refractivity contribution >= 4 is 56.7 Å². The Bertz CT molecular complexity index is 670. The first-order valence-corrected chi connectivity index (χ1v) is 8.33. The van der Waals surface area contributed by atoms with E-state index in [0.29, 0.717) is 30.2 Å². The van der Waals surface area contributed by atoms with Gasteiger partial charge in [0.1, 0.15) is 0 Å². The Morgan fingerprint density at radius 2 is 2.05 bits per heavy atom. The molecule has 7 heteroatoms. The van der Waals surface area contributed by atoms with Gasteiger partial charge < -0.3 is 0 Å². The van der Waals surface area contributed by atoms with Crippen LogP contribution in [0.5, 0.6) is 0 Å². The van der Waals surface area contributed by atoms with Gasteiger partial charge in [-0.25, -0.2) is 4.98 Å². The lowest BCUT2D eigenvalue weighted by Crippen LogP contribution is -2.31. The van der Waals surface area contributed by atoms with Gasteiger partial charge in [0.25, 0.3) is 0 Å². The number of carbonyl (C=O) groups is 2. The first-order valence-electron chi connectivity index (χ1n) is 6.15. The minimum Gasteiger partial charge on any atom is -0.282 e. The van der Waals surface area contributed by atoms with Crippen LogP contribution in [-0.4, -0.2) is 34.0 Å². The van der Waals surface area contributed by atoms with Crippen LogP contribution in [-0.2, 0) is 9.59 Å². The highest BCUT2D eigenvalue weighted by atomic mass is 35.5. The molecular formula is C13H11ClN2O2S2. The van der Waals surface area contributed by atoms with Crippen LogP contribution < -0.4 is 0 Å². The number of hydrogen-bond acceptors (Lipinski definition) is 5. The van der Waals surface area contributed by atoms with Gasteiger partial charge in [-0.15, -0.1) is 11.3 Å². The van der Waals surface area contributed by atoms with Crippen LogP contribution in [0.2, 0.25) is 5.02 Å². The Balaban J connectivity index is 1.62. The first-order chi connectivity index (χ1) is 9.63. The second-order valence-electron chi connectivity index (χ2n) is 4.38. The van der Waals surface area contributed by atoms with Crippen molar-refractivity contribution in [3.8, 4) is 0 Å². The predicted octanol–water partition coefficient (Wildman–Crippen LogP) is 3.19. The summed E-state index contributed by atoms with van der Waals surface area (Å²) in [5.74, 6) is 0.545. The monoisotopic (exact) mass is 326 g/mol. The Morgan fingerprint density at radius 1 is 1.30 bits per heavy atom. The smallest absolute Gasteiger partial charge is 0.229 e. The normalized spacial score (nSPS) is 15.6. The molecule has 2 heterocycles. The average Bonchev–Trinajstić information content (AvgIpc) is 2.95. The van der Waals surface area contributed by atoms with Gasteiger partial charge in [-0.3, -0.25) is 14.5 Å². The number of likely N-dealkylation sites (tertiary alicyclic amines) is 1. The maximum atomic E-state index is 11.5. The van der Waals surface area contributed by atoms with E-state index in [1.807, 2.05) is 18.2 Å². The molecule has 0 spiro atoms. The molecule has 0 aliphatic carbocycles. The predicted molar refractivity (Wildman–Crippen MR) is 81.3 cm³/mol. The number of imide groups is 1. The number of carbonyl (C=O) groups excluding carboxylic acids is 2. The number of halogens is 1. The van der Waals surface area contributed by atoms with E-state index in [0.717, 1.165) is 14.6 Å². The lowest BCUT2D eigenvalue weighted by molar-refractivity contribution is -0.137. The van der Waals surface area contributed by atoms with Crippen LogP contribution in [0.25, 0.3) is 10.2 Å². The van der Waals surface area contributed by atoms with Crippen molar-refractivity contribution < 1.29 is 9.59 Å². The third-order valence-electron chi connectivity index (χ3n) is 3.03. The molecule has 1 aromatic carbocycles. The van der Waals surface area contributed by atoms with E-state index in [1.165, 1.54) is 4.90 Å². The number of benzene rings is 1. The molecule has 2 aromatic rings. The second kappa shape index (κ2) is 5.71. The first kappa shape index (κ1) is 13.9. The number of fused-ring (bicyclic) bond motifs is 1. The summed E-state index contributed by atoms with van der Waals surface area (Å²) in [6.07, 6.45) is 0.701. The molecule has 3 rings (SSSR count). The fraction of sp³-hybridized carbons (Fsp3) is 0.308. The highest BCUT2D eigenvalue weighted by molar-refractivity contribution is 8.01. The van der Waals surface area contributed by atoms with Crippen molar-refractivity contribution in [3.05, 3.63) is 23.2 Å². The number of thiazole rings is 1. The molecule has 1 aromatic heterocycles. The Labute approximate surface area is 129 Å². The van der Waals surface area contributed by atoms with Crippen LogP contribution in [0.1, 0.15) is 12.8 Å². The van der Waals surface area contributed by atoms with Crippen molar-refractivity contribution in [1.29, 1.82) is 0 Å². The molecule has 20 heavy (non-hydrogen) atoms. The highest BCUT2D eigenvalue weighted by Crippen LogP contribution is 2.31. The van der Waals surface area contributed by atoms with Crippen molar-refractivity contribution in [2.24, 2.45) is 0 Å². The summed E-state index contributed by atoms with van der Waals surface area (Å²) in [5, 5.41) is 0.674. The van der Waals surface area contributed by atoms with Gasteiger partial charge in [0.2, 0.25) is 11.8 Å². The van der Waals surface area contributed by atoms with Crippen LogP contribution in [0.4, 0.5) is 0 Å². The molecule has 0 unspecified atom stereocenters. The molecule has 4 nitrogen and oxygen atoms in total. The number of thioether (sulfide) groups is 1. The van der Waals surface area contributed by atoms with Gasteiger partial charge >= 0.3 is 0 Å². The molecule has 1 aliphatic rings. The third-order valence-corrected chi connectivity index (χ3v) is 5.42. The van der Waals surface area contributed by atoms with Crippen LogP contribution in [0, 0.1) is 0 Å². The van der Waals surface area contributed by atoms with Crippen LogP contribution >= 0.6 is 34.7 Å². The molecule has 0 radical (unpaired) electrons. The number of amides is 2. The molecule has 0 bridgehead atoms. The van der Waals surface area contributed by atoms with Crippen molar-refractivity contribution in [3.63, 3.8) is 0 Å². The summed E-state index contributed by atoms with van der Waals surface area (Å²) in [4.78, 5) is 28.8. The topological polar surface area (TPSA) is 50.3 Å². The van der Waals surface area contributed by atoms with Gasteiger partial charge in [-0.05, 0) is 18.2 Å². The number of hydrogen-bond donors (Lipinski definition) is 0. The number of aromatic nitrogens is 1. The zero-order valence-corrected chi connectivity index (χ0v) is 12.9. The van der Waals surface area contributed by atoms with Gasteiger partial charge in [0, 0.05) is 30.2 Å². The van der Waals surface area contributed by atoms with Crippen molar-refractivity contribution in [1.82, 2.24) is 9.88 Å². The zero-order chi connectivity index (χ0) is 14.1. The van der Waals surface area contributed by atoms with E-state index >= 15 is 0 Å². The molecule has 0 N–H and O–H groups in total. The van der Waals surface area contributed by atoms with E-state index in [4.69, 9.17) is 11.6 Å². The summed E-state index contributed by atoms with van der Waals surface area (Å²) in [5.41, 5.74) is 0.887. The maximum Gasteiger partial charge on any atom is 0.229 e. The standard InChI is InChI=1S/C13H11ClN2O2S2/c14-8-1-2-10-9(7-8)15-13(20-10)19-6-5-16-11(17)3-4-12(16)18/h1-2,7H,3-6H2. The zero-order valence-electron chi connectivity index (χ0n) is 10.5. The molecule has 0 saturated carbocycles. The minimum atomic E-state index is -0.0633. The van der Waals surface area contributed by atoms with Crippen LogP contribution in [0.3, 0.4) is 0 Å². The molecule has 1 saturated heterocycles. The van der Waals surface area contributed by atoms with E-state index in [2.05, 4.69) is 4.98 Å². The lowest BCUT2D eigenvalue weighted by atomic mass is 10.3. The van der Waals surface area contributed by atoms with Gasteiger partial charge in [0.15, 0.2) is 4.34 Å². The van der Waals surface area contributed by atoms with Crippen LogP contribution in [0.15, 0.2) is 22.5 Å². The van der Waals surface area contributed by atoms with E-state index in [-0.39, 0.29) is 11.8 Å². The summed E-state index contributed by atoms with van der Waals surface area (Å²) in [7, 11) is 0. The van der Waals surface area contributed by atoms with E-state index in [1.54, 1.807) is 23.1 Å². The maximum absolute atomic E-state index is 11.5. The average molecular weight is 327 g/mol. The number of nitrogens with zero attached hydrogens (tertiary/aromatic N) is 2. The quantitative estimate of drug-likeness (QED) is 0.639. The van der Waals surface area contributed by atoms with Crippen molar-refractivity contribution in [2.45, 2.75) is 17.2 Å². The van der Waals surface area contributed by atoms with Gasteiger partial charge in [-0.1, -0.05) is 23.4 Å². The van der Waals surface area contributed by atoms with E-state index in [9.17, 15) is 9.59 Å². The molecule has 1 aliphatic heterocycles. The Morgan fingerprint density at radius 3 is 2.80 bits per heavy atom. The minimum absolute atomic E-state index is 0.0633. The van der Waals surface area contributed by atoms with Crippen molar-refractivity contribution in [2.75, 3.05) is 12.3 Å². The fourth-order valence-corrected chi connectivity index (χ4v) is 4.25. The molecule has 2 amide bonds. The Kier molecular flexibility index (Phi) is 3.96. The SMILES string of the molecule is O=C1CCC(=O)N1CCSc1nc2cc(Cl)ccc2s1. The molecule has 0 atom stereocenters. The Hall–Kier alpha value is -1.11. The summed E-state index contributed by atoms with van der Waals surface area (Å²) < 4.78 is 2.02. The van der Waals surface area contributed by atoms with Gasteiger partial charge in [0.05, 0.1) is 10.2 Å². The third kappa shape index (κ3) is 2.82. The lowest BCUT2D eigenvalue weighted by Gasteiger charge is -2.12. The highest BCUT2D eigenvalue weighted by Gasteiger charge is 2.28. The number of rotatable bonds is 4. The van der Waals surface area contributed by atoms with Gasteiger partial charge in [-0.2, -0.15) is 0 Å². The fourth-order valence-electron chi connectivity index (χ4n) is 2.04. The summed E-state index contributed by atoms with van der Waals surface area (Å²) in [6, 6.07) is 5.63. The molecular weight excluding hydrogens is 316 g/mol. The molecule has 104 valence electrons. The second-order valence-corrected chi connectivity index (χ2v) is 7.19.